The van der Waals surface area contributed by atoms with Crippen LogP contribution in [0.15, 0.2) is 18.2 Å². The number of carbonyl (C=O) groups is 2. The summed E-state index contributed by atoms with van der Waals surface area (Å²) < 4.78 is 10.7. The summed E-state index contributed by atoms with van der Waals surface area (Å²) in [5, 5.41) is 8.89. The molecule has 2 saturated heterocycles. The predicted octanol–water partition coefficient (Wildman–Crippen LogP) is 2.52. The lowest BCUT2D eigenvalue weighted by Gasteiger charge is -2.46. The third-order valence-electron chi connectivity index (χ3n) is 5.85. The van der Waals surface area contributed by atoms with Gasteiger partial charge >= 0.3 is 5.97 Å². The third-order valence-corrected chi connectivity index (χ3v) is 5.85. The molecular weight excluding hydrogens is 360 g/mol. The molecule has 2 heterocycles. The zero-order valence-corrected chi connectivity index (χ0v) is 16.9. The normalized spacial score (nSPS) is 22.9. The summed E-state index contributed by atoms with van der Waals surface area (Å²) in [5.74, 6) is 0.130. The minimum atomic E-state index is -1.03. The first-order valence-electron chi connectivity index (χ1n) is 9.95. The Balaban J connectivity index is 1.81. The van der Waals surface area contributed by atoms with Gasteiger partial charge < -0.3 is 19.5 Å². The number of hydrogen-bond acceptors (Lipinski definition) is 5. The van der Waals surface area contributed by atoms with Gasteiger partial charge in [0.05, 0.1) is 7.11 Å². The van der Waals surface area contributed by atoms with E-state index in [0.717, 1.165) is 44.3 Å². The number of methoxy groups -OCH3 is 1. The molecule has 1 spiro atoms. The van der Waals surface area contributed by atoms with E-state index >= 15 is 0 Å². The van der Waals surface area contributed by atoms with Gasteiger partial charge in [-0.15, -0.1) is 0 Å². The van der Waals surface area contributed by atoms with Crippen molar-refractivity contribution in [3.05, 3.63) is 23.8 Å². The van der Waals surface area contributed by atoms with Crippen molar-refractivity contribution in [3.63, 3.8) is 0 Å². The van der Waals surface area contributed by atoms with Crippen molar-refractivity contribution in [1.82, 2.24) is 9.80 Å². The average Bonchev–Trinajstić information content (AvgIpc) is 3.05. The Morgan fingerprint density at radius 1 is 1.21 bits per heavy atom. The molecule has 1 N–H and O–H groups in total. The Morgan fingerprint density at radius 3 is 2.57 bits per heavy atom. The van der Waals surface area contributed by atoms with Crippen LogP contribution in [0.25, 0.3) is 0 Å². The summed E-state index contributed by atoms with van der Waals surface area (Å²) in [4.78, 5) is 28.5. The van der Waals surface area contributed by atoms with E-state index in [-0.39, 0.29) is 11.9 Å². The fourth-order valence-electron chi connectivity index (χ4n) is 4.49. The number of piperidine rings is 1. The molecule has 0 aromatic heterocycles. The summed E-state index contributed by atoms with van der Waals surface area (Å²) >= 11 is 0. The molecular formula is C21H30N2O5. The highest BCUT2D eigenvalue weighted by molar-refractivity contribution is 5.87. The van der Waals surface area contributed by atoms with E-state index in [1.807, 2.05) is 17.0 Å². The molecule has 0 bridgehead atoms. The van der Waals surface area contributed by atoms with Gasteiger partial charge in [-0.3, -0.25) is 9.69 Å². The van der Waals surface area contributed by atoms with Crippen LogP contribution >= 0.6 is 0 Å². The van der Waals surface area contributed by atoms with E-state index in [1.165, 1.54) is 7.11 Å². The summed E-state index contributed by atoms with van der Waals surface area (Å²) in [6, 6.07) is 5.77. The van der Waals surface area contributed by atoms with Gasteiger partial charge in [0.1, 0.15) is 5.54 Å². The molecule has 28 heavy (non-hydrogen) atoms. The van der Waals surface area contributed by atoms with Crippen LogP contribution in [0.4, 0.5) is 0 Å². The minimum absolute atomic E-state index is 0.212. The summed E-state index contributed by atoms with van der Waals surface area (Å²) in [5.41, 5.74) is 0.571. The zero-order chi connectivity index (χ0) is 20.3. The Bertz CT molecular complexity index is 736. The quantitative estimate of drug-likeness (QED) is 0.771. The number of rotatable bonds is 7. The zero-order valence-electron chi connectivity index (χ0n) is 16.9. The van der Waals surface area contributed by atoms with Crippen LogP contribution in [0.5, 0.6) is 11.5 Å². The van der Waals surface area contributed by atoms with Gasteiger partial charge in [0.2, 0.25) is 5.91 Å². The SMILES string of the molecule is COc1ccc(CN2CCCC23CCCN(C(C)C)C3=O)cc1OCC(=O)O. The molecule has 2 fully saturated rings. The molecule has 2 aliphatic rings. The number of nitrogens with zero attached hydrogens (tertiary/aromatic N) is 2. The van der Waals surface area contributed by atoms with Crippen LogP contribution < -0.4 is 9.47 Å². The minimum Gasteiger partial charge on any atom is -0.493 e. The maximum atomic E-state index is 13.3. The number of aliphatic carboxylic acids is 1. The van der Waals surface area contributed by atoms with Crippen LogP contribution in [-0.4, -0.2) is 65.2 Å². The average molecular weight is 390 g/mol. The topological polar surface area (TPSA) is 79.3 Å². The second-order valence-electron chi connectivity index (χ2n) is 7.92. The second-order valence-corrected chi connectivity index (χ2v) is 7.92. The van der Waals surface area contributed by atoms with Gasteiger partial charge in [-0.25, -0.2) is 4.79 Å². The molecule has 1 atom stereocenters. The summed E-state index contributed by atoms with van der Waals surface area (Å²) in [6.45, 7) is 6.08. The Hall–Kier alpha value is -2.28. The highest BCUT2D eigenvalue weighted by atomic mass is 16.5. The number of benzene rings is 1. The molecule has 0 radical (unpaired) electrons. The fraction of sp³-hybridized carbons (Fsp3) is 0.619. The maximum Gasteiger partial charge on any atom is 0.341 e. The molecule has 1 aromatic rings. The van der Waals surface area contributed by atoms with E-state index in [9.17, 15) is 9.59 Å². The number of carbonyl (C=O) groups excluding carboxylic acids is 1. The number of likely N-dealkylation sites (tertiary alicyclic amines) is 2. The number of amides is 1. The highest BCUT2D eigenvalue weighted by Gasteiger charge is 2.51. The van der Waals surface area contributed by atoms with Crippen LogP contribution in [0.2, 0.25) is 0 Å². The monoisotopic (exact) mass is 390 g/mol. The first kappa shape index (κ1) is 20.5. The fourth-order valence-corrected chi connectivity index (χ4v) is 4.49. The molecule has 154 valence electrons. The number of hydrogen-bond donors (Lipinski definition) is 1. The molecule has 7 nitrogen and oxygen atoms in total. The van der Waals surface area contributed by atoms with Crippen molar-refractivity contribution in [2.24, 2.45) is 0 Å². The van der Waals surface area contributed by atoms with Gasteiger partial charge in [-0.1, -0.05) is 6.07 Å². The van der Waals surface area contributed by atoms with E-state index in [4.69, 9.17) is 14.6 Å². The second kappa shape index (κ2) is 8.39. The Kier molecular flexibility index (Phi) is 6.13. The van der Waals surface area contributed by atoms with Gasteiger partial charge in [-0.2, -0.15) is 0 Å². The van der Waals surface area contributed by atoms with E-state index in [1.54, 1.807) is 6.07 Å². The smallest absolute Gasteiger partial charge is 0.341 e. The molecule has 2 aliphatic heterocycles. The largest absolute Gasteiger partial charge is 0.493 e. The number of carboxylic acid groups (broad SMARTS) is 1. The molecule has 7 heteroatoms. The van der Waals surface area contributed by atoms with Gasteiger partial charge in [0.15, 0.2) is 18.1 Å². The lowest BCUT2D eigenvalue weighted by atomic mass is 9.84. The van der Waals surface area contributed by atoms with Crippen LogP contribution in [0.1, 0.15) is 45.1 Å². The van der Waals surface area contributed by atoms with E-state index in [2.05, 4.69) is 18.7 Å². The highest BCUT2D eigenvalue weighted by Crippen LogP contribution is 2.40. The van der Waals surface area contributed by atoms with Gasteiger partial charge in [0, 0.05) is 19.1 Å². The van der Waals surface area contributed by atoms with Crippen molar-refractivity contribution in [1.29, 1.82) is 0 Å². The van der Waals surface area contributed by atoms with Crippen molar-refractivity contribution in [3.8, 4) is 11.5 Å². The van der Waals surface area contributed by atoms with E-state index in [0.29, 0.717) is 18.0 Å². The molecule has 0 saturated carbocycles. The lowest BCUT2D eigenvalue weighted by Crippen LogP contribution is -2.61. The molecule has 0 aliphatic carbocycles. The van der Waals surface area contributed by atoms with Crippen molar-refractivity contribution in [2.75, 3.05) is 26.8 Å². The lowest BCUT2D eigenvalue weighted by molar-refractivity contribution is -0.149. The summed E-state index contributed by atoms with van der Waals surface area (Å²) in [6.07, 6.45) is 3.83. The van der Waals surface area contributed by atoms with Gasteiger partial charge in [-0.05, 0) is 63.8 Å². The Labute approximate surface area is 166 Å². The summed E-state index contributed by atoms with van der Waals surface area (Å²) in [7, 11) is 1.53. The van der Waals surface area contributed by atoms with Crippen molar-refractivity contribution < 1.29 is 24.2 Å². The first-order chi connectivity index (χ1) is 13.4. The predicted molar refractivity (Wildman–Crippen MR) is 105 cm³/mol. The van der Waals surface area contributed by atoms with Crippen LogP contribution in [0, 0.1) is 0 Å². The van der Waals surface area contributed by atoms with Gasteiger partial charge in [0.25, 0.3) is 0 Å². The maximum absolute atomic E-state index is 13.3. The van der Waals surface area contributed by atoms with Crippen molar-refractivity contribution in [2.45, 2.75) is 57.7 Å². The van der Waals surface area contributed by atoms with Crippen molar-refractivity contribution >= 4 is 11.9 Å². The molecule has 1 aromatic carbocycles. The number of ether oxygens (including phenoxy) is 2. The third kappa shape index (κ3) is 3.94. The van der Waals surface area contributed by atoms with Crippen LogP contribution in [0.3, 0.4) is 0 Å². The number of carboxylic acids is 1. The molecule has 1 amide bonds. The Morgan fingerprint density at radius 2 is 1.93 bits per heavy atom. The van der Waals surface area contributed by atoms with Crippen LogP contribution in [-0.2, 0) is 16.1 Å². The molecule has 1 unspecified atom stereocenters. The molecule has 3 rings (SSSR count). The first-order valence-corrected chi connectivity index (χ1v) is 9.95. The van der Waals surface area contributed by atoms with E-state index < -0.39 is 18.1 Å². The standard InChI is InChI=1S/C21H30N2O5/c1-15(2)23-11-5-9-21(20(23)26)8-4-10-22(21)13-16-6-7-17(27-3)18(12-16)28-14-19(24)25/h6-7,12,15H,4-5,8-11,13-14H2,1-3H3,(H,24,25).